The number of hydrogen-bond donors (Lipinski definition) is 2. The Bertz CT molecular complexity index is 467. The largest absolute Gasteiger partial charge is 0.396 e. The highest BCUT2D eigenvalue weighted by Crippen LogP contribution is 2.22. The molecule has 0 aliphatic heterocycles. The number of halogens is 2. The molecular formula is C14H20BrFN2O2. The monoisotopic (exact) mass is 346 g/mol. The summed E-state index contributed by atoms with van der Waals surface area (Å²) in [6.45, 7) is 5.79. The van der Waals surface area contributed by atoms with Crippen molar-refractivity contribution < 1.29 is 13.9 Å². The fourth-order valence-electron chi connectivity index (χ4n) is 1.49. The Morgan fingerprint density at radius 3 is 2.80 bits per heavy atom. The molecule has 0 unspecified atom stereocenters. The maximum Gasteiger partial charge on any atom is 0.252 e. The van der Waals surface area contributed by atoms with Crippen LogP contribution < -0.4 is 11.1 Å². The molecule has 0 atom stereocenters. The second kappa shape index (κ2) is 8.21. The van der Waals surface area contributed by atoms with E-state index in [1.807, 2.05) is 0 Å². The van der Waals surface area contributed by atoms with Gasteiger partial charge in [-0.15, -0.1) is 0 Å². The number of anilines is 1. The molecule has 1 aromatic rings. The Balaban J connectivity index is 2.38. The summed E-state index contributed by atoms with van der Waals surface area (Å²) < 4.78 is 18.9. The zero-order valence-electron chi connectivity index (χ0n) is 11.7. The summed E-state index contributed by atoms with van der Waals surface area (Å²) in [4.78, 5) is 11.9. The first-order valence-electron chi connectivity index (χ1n) is 6.52. The van der Waals surface area contributed by atoms with Gasteiger partial charge in [-0.1, -0.05) is 13.8 Å². The van der Waals surface area contributed by atoms with Gasteiger partial charge in [0.25, 0.3) is 5.91 Å². The van der Waals surface area contributed by atoms with Gasteiger partial charge in [0, 0.05) is 17.6 Å². The van der Waals surface area contributed by atoms with Crippen LogP contribution in [0.1, 0.15) is 30.6 Å². The van der Waals surface area contributed by atoms with Crippen molar-refractivity contribution in [1.29, 1.82) is 0 Å². The van der Waals surface area contributed by atoms with Crippen molar-refractivity contribution in [3.8, 4) is 0 Å². The van der Waals surface area contributed by atoms with Gasteiger partial charge in [0.15, 0.2) is 0 Å². The van der Waals surface area contributed by atoms with Gasteiger partial charge in [0.05, 0.1) is 17.9 Å². The van der Waals surface area contributed by atoms with Crippen molar-refractivity contribution in [3.05, 3.63) is 28.0 Å². The molecule has 0 heterocycles. The number of rotatable bonds is 7. The smallest absolute Gasteiger partial charge is 0.252 e. The number of ether oxygens (including phenoxy) is 1. The molecule has 0 saturated carbocycles. The van der Waals surface area contributed by atoms with Gasteiger partial charge in [-0.2, -0.15) is 0 Å². The predicted octanol–water partition coefficient (Wildman–Crippen LogP) is 2.96. The molecule has 0 aliphatic carbocycles. The van der Waals surface area contributed by atoms with Gasteiger partial charge in [0.1, 0.15) is 5.82 Å². The predicted molar refractivity (Wildman–Crippen MR) is 81.1 cm³/mol. The molecular weight excluding hydrogens is 327 g/mol. The second-order valence-corrected chi connectivity index (χ2v) is 5.76. The normalized spacial score (nSPS) is 10.8. The summed E-state index contributed by atoms with van der Waals surface area (Å²) in [6, 6.07) is 2.50. The van der Waals surface area contributed by atoms with E-state index in [1.54, 1.807) is 0 Å². The summed E-state index contributed by atoms with van der Waals surface area (Å²) in [6.07, 6.45) is 0.994. The van der Waals surface area contributed by atoms with Crippen molar-refractivity contribution in [2.24, 2.45) is 5.92 Å². The number of nitrogen functional groups attached to an aromatic ring is 1. The van der Waals surface area contributed by atoms with E-state index in [1.165, 1.54) is 12.1 Å². The molecule has 4 nitrogen and oxygen atoms in total. The van der Waals surface area contributed by atoms with E-state index in [4.69, 9.17) is 10.5 Å². The lowest BCUT2D eigenvalue weighted by Gasteiger charge is -2.09. The molecule has 0 bridgehead atoms. The third-order valence-electron chi connectivity index (χ3n) is 2.70. The average molecular weight is 347 g/mol. The summed E-state index contributed by atoms with van der Waals surface area (Å²) in [7, 11) is 0. The number of benzene rings is 1. The Morgan fingerprint density at radius 2 is 2.15 bits per heavy atom. The van der Waals surface area contributed by atoms with E-state index in [2.05, 4.69) is 35.1 Å². The SMILES string of the molecule is CC(C)CCOCCNC(=O)c1cc(N)c(F)cc1Br. The molecule has 6 heteroatoms. The van der Waals surface area contributed by atoms with Crippen LogP contribution in [-0.2, 0) is 4.74 Å². The zero-order chi connectivity index (χ0) is 15.1. The second-order valence-electron chi connectivity index (χ2n) is 4.90. The summed E-state index contributed by atoms with van der Waals surface area (Å²) in [5.74, 6) is -0.260. The zero-order valence-corrected chi connectivity index (χ0v) is 13.3. The first kappa shape index (κ1) is 16.9. The number of hydrogen-bond acceptors (Lipinski definition) is 3. The Labute approximate surface area is 127 Å². The van der Waals surface area contributed by atoms with Gasteiger partial charge < -0.3 is 15.8 Å². The van der Waals surface area contributed by atoms with Crippen LogP contribution in [-0.4, -0.2) is 25.7 Å². The lowest BCUT2D eigenvalue weighted by molar-refractivity contribution is 0.0905. The van der Waals surface area contributed by atoms with Crippen LogP contribution in [0.25, 0.3) is 0 Å². The molecule has 1 rings (SSSR count). The van der Waals surface area contributed by atoms with Crippen molar-refractivity contribution in [2.45, 2.75) is 20.3 Å². The third kappa shape index (κ3) is 5.46. The highest BCUT2D eigenvalue weighted by Gasteiger charge is 2.12. The van der Waals surface area contributed by atoms with Crippen LogP contribution in [0.3, 0.4) is 0 Å². The lowest BCUT2D eigenvalue weighted by Crippen LogP contribution is -2.28. The van der Waals surface area contributed by atoms with Gasteiger partial charge >= 0.3 is 0 Å². The maximum absolute atomic E-state index is 13.2. The van der Waals surface area contributed by atoms with Crippen LogP contribution in [0.2, 0.25) is 0 Å². The fourth-order valence-corrected chi connectivity index (χ4v) is 1.99. The van der Waals surface area contributed by atoms with E-state index in [-0.39, 0.29) is 11.6 Å². The van der Waals surface area contributed by atoms with E-state index in [9.17, 15) is 9.18 Å². The van der Waals surface area contributed by atoms with Gasteiger partial charge in [0.2, 0.25) is 0 Å². The van der Waals surface area contributed by atoms with Crippen LogP contribution in [0.5, 0.6) is 0 Å². The Hall–Kier alpha value is -1.14. The molecule has 0 radical (unpaired) electrons. The molecule has 0 spiro atoms. The summed E-state index contributed by atoms with van der Waals surface area (Å²) in [5, 5.41) is 2.70. The Kier molecular flexibility index (Phi) is 6.95. The minimum Gasteiger partial charge on any atom is -0.396 e. The van der Waals surface area contributed by atoms with E-state index < -0.39 is 5.82 Å². The molecule has 0 saturated heterocycles. The van der Waals surface area contributed by atoms with Crippen molar-refractivity contribution in [2.75, 3.05) is 25.5 Å². The van der Waals surface area contributed by atoms with Crippen LogP contribution >= 0.6 is 15.9 Å². The topological polar surface area (TPSA) is 64.3 Å². The molecule has 0 aliphatic rings. The molecule has 1 amide bonds. The first-order valence-corrected chi connectivity index (χ1v) is 7.31. The number of nitrogens with two attached hydrogens (primary N) is 1. The third-order valence-corrected chi connectivity index (χ3v) is 3.36. The van der Waals surface area contributed by atoms with Crippen LogP contribution in [0.15, 0.2) is 16.6 Å². The van der Waals surface area contributed by atoms with Crippen molar-refractivity contribution in [1.82, 2.24) is 5.32 Å². The Morgan fingerprint density at radius 1 is 1.45 bits per heavy atom. The molecule has 0 aromatic heterocycles. The highest BCUT2D eigenvalue weighted by atomic mass is 79.9. The van der Waals surface area contributed by atoms with Crippen LogP contribution in [0, 0.1) is 11.7 Å². The number of carbonyl (C=O) groups is 1. The number of carbonyl (C=O) groups excluding carboxylic acids is 1. The minimum atomic E-state index is -0.551. The average Bonchev–Trinajstić information content (AvgIpc) is 2.37. The maximum atomic E-state index is 13.2. The van der Waals surface area contributed by atoms with Gasteiger partial charge in [-0.25, -0.2) is 4.39 Å². The first-order chi connectivity index (χ1) is 9.41. The van der Waals surface area contributed by atoms with E-state index in [0.717, 1.165) is 6.42 Å². The molecule has 20 heavy (non-hydrogen) atoms. The molecule has 1 aromatic carbocycles. The van der Waals surface area contributed by atoms with Crippen molar-refractivity contribution >= 4 is 27.5 Å². The van der Waals surface area contributed by atoms with E-state index in [0.29, 0.717) is 35.7 Å². The highest BCUT2D eigenvalue weighted by molar-refractivity contribution is 9.10. The van der Waals surface area contributed by atoms with Gasteiger partial charge in [-0.05, 0) is 40.4 Å². The van der Waals surface area contributed by atoms with Crippen LogP contribution in [0.4, 0.5) is 10.1 Å². The van der Waals surface area contributed by atoms with Gasteiger partial charge in [-0.3, -0.25) is 4.79 Å². The van der Waals surface area contributed by atoms with Crippen molar-refractivity contribution in [3.63, 3.8) is 0 Å². The quantitative estimate of drug-likeness (QED) is 0.589. The molecule has 0 fully saturated rings. The number of amides is 1. The van der Waals surface area contributed by atoms with E-state index >= 15 is 0 Å². The summed E-state index contributed by atoms with van der Waals surface area (Å²) in [5.41, 5.74) is 5.71. The fraction of sp³-hybridized carbons (Fsp3) is 0.500. The summed E-state index contributed by atoms with van der Waals surface area (Å²) >= 11 is 3.14. The standard InChI is InChI=1S/C14H20BrFN2O2/c1-9(2)3-5-20-6-4-18-14(19)10-7-13(17)12(16)8-11(10)15/h7-9H,3-6,17H2,1-2H3,(H,18,19). The molecule has 112 valence electrons. The minimum absolute atomic E-state index is 0.0495. The lowest BCUT2D eigenvalue weighted by atomic mass is 10.1. The number of nitrogens with one attached hydrogen (secondary N) is 1. The molecule has 3 N–H and O–H groups in total.